The molecular formula is C15H16N4O4. The third-order valence-electron chi connectivity index (χ3n) is 3.94. The molecule has 1 aromatic heterocycles. The lowest BCUT2D eigenvalue weighted by Gasteiger charge is -2.24. The van der Waals surface area contributed by atoms with Crippen LogP contribution in [0.3, 0.4) is 0 Å². The highest BCUT2D eigenvalue weighted by atomic mass is 16.6. The van der Waals surface area contributed by atoms with Crippen LogP contribution < -0.4 is 0 Å². The molecule has 23 heavy (non-hydrogen) atoms. The number of nitro benzene ring substituents is 1. The van der Waals surface area contributed by atoms with E-state index in [4.69, 9.17) is 10.00 Å². The molecule has 0 amide bonds. The first-order valence-corrected chi connectivity index (χ1v) is 6.92. The van der Waals surface area contributed by atoms with Crippen LogP contribution in [0.5, 0.6) is 0 Å². The second-order valence-corrected chi connectivity index (χ2v) is 5.41. The summed E-state index contributed by atoms with van der Waals surface area (Å²) < 4.78 is 6.37. The van der Waals surface area contributed by atoms with Crippen LogP contribution in [-0.2, 0) is 22.0 Å². The summed E-state index contributed by atoms with van der Waals surface area (Å²) in [5.74, 6) is -0.494. The molecule has 0 aliphatic carbocycles. The third-order valence-corrected chi connectivity index (χ3v) is 3.94. The van der Waals surface area contributed by atoms with Crippen LogP contribution in [0.1, 0.15) is 25.5 Å². The van der Waals surface area contributed by atoms with Crippen LogP contribution in [-0.4, -0.2) is 27.8 Å². The van der Waals surface area contributed by atoms with Gasteiger partial charge in [-0.05, 0) is 19.4 Å². The summed E-state index contributed by atoms with van der Waals surface area (Å²) in [6, 6.07) is 6.37. The van der Waals surface area contributed by atoms with E-state index in [0.717, 1.165) is 0 Å². The Morgan fingerprint density at radius 3 is 2.83 bits per heavy atom. The van der Waals surface area contributed by atoms with Gasteiger partial charge in [-0.1, -0.05) is 0 Å². The minimum absolute atomic E-state index is 0.0520. The molecule has 120 valence electrons. The number of fused-ring (bicyclic) bond motifs is 1. The van der Waals surface area contributed by atoms with Crippen molar-refractivity contribution >= 4 is 22.6 Å². The molecule has 1 heterocycles. The predicted octanol–water partition coefficient (Wildman–Crippen LogP) is 2.22. The van der Waals surface area contributed by atoms with Gasteiger partial charge in [0.25, 0.3) is 5.69 Å². The Hall–Kier alpha value is -2.95. The molecule has 0 spiro atoms. The van der Waals surface area contributed by atoms with E-state index >= 15 is 0 Å². The van der Waals surface area contributed by atoms with Crippen molar-refractivity contribution in [3.05, 3.63) is 34.0 Å². The van der Waals surface area contributed by atoms with Crippen molar-refractivity contribution in [2.24, 2.45) is 7.05 Å². The molecule has 8 nitrogen and oxygen atoms in total. The van der Waals surface area contributed by atoms with Gasteiger partial charge in [0.05, 0.1) is 29.3 Å². The molecule has 0 aliphatic heterocycles. The van der Waals surface area contributed by atoms with Crippen LogP contribution in [0.2, 0.25) is 0 Å². The Kier molecular flexibility index (Phi) is 4.31. The second kappa shape index (κ2) is 6.04. The number of hydrogen-bond acceptors (Lipinski definition) is 6. The molecule has 0 radical (unpaired) electrons. The number of benzene rings is 1. The first-order valence-electron chi connectivity index (χ1n) is 6.92. The molecule has 8 heteroatoms. The minimum atomic E-state index is -1.10. The van der Waals surface area contributed by atoms with Crippen molar-refractivity contribution in [3.63, 3.8) is 0 Å². The molecule has 0 N–H and O–H groups in total. The fraction of sp³-hybridized carbons (Fsp3) is 0.400. The lowest BCUT2D eigenvalue weighted by molar-refractivity contribution is -0.384. The van der Waals surface area contributed by atoms with Crippen LogP contribution in [0.4, 0.5) is 5.69 Å². The topological polar surface area (TPSA) is 111 Å². The molecule has 0 fully saturated rings. The second-order valence-electron chi connectivity index (χ2n) is 5.41. The van der Waals surface area contributed by atoms with Crippen LogP contribution in [0, 0.1) is 21.4 Å². The number of ether oxygens (including phenoxy) is 1. The van der Waals surface area contributed by atoms with Gasteiger partial charge in [-0.15, -0.1) is 0 Å². The Balaban J connectivity index is 2.67. The number of esters is 1. The van der Waals surface area contributed by atoms with Gasteiger partial charge < -0.3 is 4.74 Å². The summed E-state index contributed by atoms with van der Waals surface area (Å²) in [4.78, 5) is 22.7. The highest BCUT2D eigenvalue weighted by Crippen LogP contribution is 2.35. The number of hydrogen-bond donors (Lipinski definition) is 0. The molecule has 2 rings (SSSR count). The van der Waals surface area contributed by atoms with E-state index in [1.165, 1.54) is 23.9 Å². The van der Waals surface area contributed by atoms with E-state index in [9.17, 15) is 14.9 Å². The lowest BCUT2D eigenvalue weighted by Crippen LogP contribution is -2.34. The smallest absolute Gasteiger partial charge is 0.317 e. The summed E-state index contributed by atoms with van der Waals surface area (Å²) in [6.07, 6.45) is 0.413. The maximum atomic E-state index is 12.3. The monoisotopic (exact) mass is 316 g/mol. The van der Waals surface area contributed by atoms with E-state index in [-0.39, 0.29) is 18.5 Å². The summed E-state index contributed by atoms with van der Waals surface area (Å²) in [6.45, 7) is 1.67. The SMILES string of the molecule is COC(=O)C(C)(CCC#N)c1nn(C)c2cc([N+](=O)[O-])ccc12. The summed E-state index contributed by atoms with van der Waals surface area (Å²) >= 11 is 0. The summed E-state index contributed by atoms with van der Waals surface area (Å²) in [5, 5.41) is 24.8. The molecule has 0 bridgehead atoms. The first kappa shape index (κ1) is 16.4. The molecule has 0 saturated heterocycles. The molecule has 1 aromatic carbocycles. The Morgan fingerprint density at radius 1 is 1.57 bits per heavy atom. The molecule has 1 atom stereocenters. The predicted molar refractivity (Wildman–Crippen MR) is 81.6 cm³/mol. The highest BCUT2D eigenvalue weighted by Gasteiger charge is 2.40. The van der Waals surface area contributed by atoms with E-state index in [1.807, 2.05) is 6.07 Å². The number of nitro groups is 1. The van der Waals surface area contributed by atoms with Crippen molar-refractivity contribution in [2.45, 2.75) is 25.2 Å². The number of non-ortho nitro benzene ring substituents is 1. The average Bonchev–Trinajstić information content (AvgIpc) is 2.88. The van der Waals surface area contributed by atoms with E-state index in [0.29, 0.717) is 16.6 Å². The minimum Gasteiger partial charge on any atom is -0.468 e. The number of methoxy groups -OCH3 is 1. The van der Waals surface area contributed by atoms with Crippen LogP contribution in [0.25, 0.3) is 10.9 Å². The third kappa shape index (κ3) is 2.73. The zero-order valence-electron chi connectivity index (χ0n) is 13.1. The quantitative estimate of drug-likeness (QED) is 0.475. The number of aromatic nitrogens is 2. The molecule has 1 unspecified atom stereocenters. The van der Waals surface area contributed by atoms with Crippen molar-refractivity contribution in [2.75, 3.05) is 7.11 Å². The molecule has 0 saturated carbocycles. The Labute approximate surface area is 132 Å². The van der Waals surface area contributed by atoms with Gasteiger partial charge >= 0.3 is 5.97 Å². The van der Waals surface area contributed by atoms with Gasteiger partial charge in [0, 0.05) is 31.0 Å². The van der Waals surface area contributed by atoms with Crippen molar-refractivity contribution in [1.82, 2.24) is 9.78 Å². The zero-order chi connectivity index (χ0) is 17.2. The first-order chi connectivity index (χ1) is 10.8. The van der Waals surface area contributed by atoms with Crippen molar-refractivity contribution in [1.29, 1.82) is 5.26 Å². The van der Waals surface area contributed by atoms with Crippen molar-refractivity contribution in [3.8, 4) is 6.07 Å². The average molecular weight is 316 g/mol. The standard InChI is InChI=1S/C15H16N4O4/c1-15(7-4-8-16,14(20)23-3)13-11-6-5-10(19(21)22)9-12(11)18(2)17-13/h5-6,9H,4,7H2,1-3H3. The van der Waals surface area contributed by atoms with Gasteiger partial charge in [0.2, 0.25) is 0 Å². The van der Waals surface area contributed by atoms with E-state index in [2.05, 4.69) is 5.10 Å². The number of nitrogens with zero attached hydrogens (tertiary/aromatic N) is 4. The Bertz CT molecular complexity index is 821. The number of carbonyl (C=O) groups excluding carboxylic acids is 1. The number of nitriles is 1. The Morgan fingerprint density at radius 2 is 2.26 bits per heavy atom. The van der Waals surface area contributed by atoms with Gasteiger partial charge in [0.1, 0.15) is 5.41 Å². The number of carbonyl (C=O) groups is 1. The highest BCUT2D eigenvalue weighted by molar-refractivity contribution is 5.92. The summed E-state index contributed by atoms with van der Waals surface area (Å²) in [5.41, 5.74) is -0.155. The van der Waals surface area contributed by atoms with Crippen molar-refractivity contribution < 1.29 is 14.5 Å². The normalized spacial score (nSPS) is 13.3. The molecule has 0 aliphatic rings. The maximum Gasteiger partial charge on any atom is 0.317 e. The fourth-order valence-electron chi connectivity index (χ4n) is 2.62. The zero-order valence-corrected chi connectivity index (χ0v) is 13.1. The van der Waals surface area contributed by atoms with Gasteiger partial charge in [-0.3, -0.25) is 19.6 Å². The van der Waals surface area contributed by atoms with E-state index < -0.39 is 16.3 Å². The van der Waals surface area contributed by atoms with Gasteiger partial charge in [-0.2, -0.15) is 10.4 Å². The van der Waals surface area contributed by atoms with Crippen LogP contribution >= 0.6 is 0 Å². The maximum absolute atomic E-state index is 12.3. The fourth-order valence-corrected chi connectivity index (χ4v) is 2.62. The van der Waals surface area contributed by atoms with Gasteiger partial charge in [-0.25, -0.2) is 0 Å². The number of rotatable bonds is 5. The van der Waals surface area contributed by atoms with Gasteiger partial charge in [0.15, 0.2) is 0 Å². The molecule has 2 aromatic rings. The lowest BCUT2D eigenvalue weighted by atomic mass is 9.81. The molecular weight excluding hydrogens is 300 g/mol. The largest absolute Gasteiger partial charge is 0.468 e. The number of aryl methyl sites for hydroxylation is 1. The summed E-state index contributed by atoms with van der Waals surface area (Å²) in [7, 11) is 2.93. The van der Waals surface area contributed by atoms with Crippen LogP contribution in [0.15, 0.2) is 18.2 Å². The van der Waals surface area contributed by atoms with E-state index in [1.54, 1.807) is 20.0 Å².